The van der Waals surface area contributed by atoms with E-state index in [1.54, 1.807) is 24.3 Å². The highest BCUT2D eigenvalue weighted by Gasteiger charge is 2.52. The van der Waals surface area contributed by atoms with Gasteiger partial charge in [-0.25, -0.2) is 4.39 Å². The number of anilines is 1. The van der Waals surface area contributed by atoms with Crippen LogP contribution >= 0.6 is 11.6 Å². The number of carbonyl (C=O) groups is 2. The number of alkyl halides is 1. The van der Waals surface area contributed by atoms with Gasteiger partial charge in [-0.1, -0.05) is 11.6 Å². The van der Waals surface area contributed by atoms with E-state index in [-0.39, 0.29) is 42.3 Å². The van der Waals surface area contributed by atoms with Crippen molar-refractivity contribution in [3.8, 4) is 6.07 Å². The lowest BCUT2D eigenvalue weighted by Crippen LogP contribution is -2.59. The van der Waals surface area contributed by atoms with Gasteiger partial charge in [0.2, 0.25) is 11.8 Å². The van der Waals surface area contributed by atoms with E-state index in [9.17, 15) is 14.0 Å². The van der Waals surface area contributed by atoms with Crippen LogP contribution in [-0.4, -0.2) is 47.6 Å². The van der Waals surface area contributed by atoms with Gasteiger partial charge >= 0.3 is 0 Å². The first-order chi connectivity index (χ1) is 14.3. The van der Waals surface area contributed by atoms with E-state index in [0.717, 1.165) is 44.2 Å². The number of rotatable bonds is 5. The zero-order valence-electron chi connectivity index (χ0n) is 16.8. The molecule has 3 aliphatic carbocycles. The topological polar surface area (TPSA) is 85.2 Å². The predicted octanol–water partition coefficient (Wildman–Crippen LogP) is 3.42. The van der Waals surface area contributed by atoms with Crippen molar-refractivity contribution in [2.24, 2.45) is 5.41 Å². The van der Waals surface area contributed by atoms with Crippen LogP contribution in [0, 0.1) is 16.7 Å². The number of halogens is 2. The molecule has 0 aromatic heterocycles. The number of carbonyl (C=O) groups excluding carboxylic acids is 2. The lowest BCUT2D eigenvalue weighted by molar-refractivity contribution is -0.135. The molecule has 1 saturated heterocycles. The molecule has 4 aliphatic rings. The Morgan fingerprint density at radius 1 is 1.17 bits per heavy atom. The van der Waals surface area contributed by atoms with Crippen LogP contribution < -0.4 is 10.6 Å². The molecule has 5 rings (SSSR count). The minimum Gasteiger partial charge on any atom is -0.326 e. The van der Waals surface area contributed by atoms with Crippen LogP contribution in [0.25, 0.3) is 0 Å². The number of nitriles is 1. The van der Waals surface area contributed by atoms with Gasteiger partial charge in [-0.3, -0.25) is 9.59 Å². The Bertz CT molecular complexity index is 844. The second kappa shape index (κ2) is 8.16. The second-order valence-electron chi connectivity index (χ2n) is 8.90. The minimum atomic E-state index is -1.12. The molecule has 0 spiro atoms. The average Bonchev–Trinajstić information content (AvgIpc) is 3.16. The van der Waals surface area contributed by atoms with E-state index in [4.69, 9.17) is 16.9 Å². The largest absolute Gasteiger partial charge is 0.326 e. The molecular formula is C22H26ClFN4O2. The van der Waals surface area contributed by atoms with Crippen molar-refractivity contribution < 1.29 is 14.0 Å². The van der Waals surface area contributed by atoms with Crippen molar-refractivity contribution in [2.45, 2.75) is 62.7 Å². The van der Waals surface area contributed by atoms with Gasteiger partial charge in [0.1, 0.15) is 12.2 Å². The summed E-state index contributed by atoms with van der Waals surface area (Å²) >= 11 is 5.91. The molecule has 1 aromatic rings. The Balaban J connectivity index is 1.32. The fraction of sp³-hybridized carbons (Fsp3) is 0.591. The molecule has 1 heterocycles. The van der Waals surface area contributed by atoms with E-state index in [2.05, 4.69) is 10.6 Å². The lowest BCUT2D eigenvalue weighted by atomic mass is 9.57. The Morgan fingerprint density at radius 2 is 1.80 bits per heavy atom. The van der Waals surface area contributed by atoms with Crippen molar-refractivity contribution in [3.63, 3.8) is 0 Å². The minimum absolute atomic E-state index is 0.000277. The molecular weight excluding hydrogens is 407 g/mol. The highest BCUT2D eigenvalue weighted by atomic mass is 35.5. The van der Waals surface area contributed by atoms with E-state index < -0.39 is 12.2 Å². The monoisotopic (exact) mass is 432 g/mol. The summed E-state index contributed by atoms with van der Waals surface area (Å²) < 4.78 is 13.6. The van der Waals surface area contributed by atoms with Gasteiger partial charge in [-0.15, -0.1) is 0 Å². The average molecular weight is 433 g/mol. The van der Waals surface area contributed by atoms with E-state index in [1.165, 1.54) is 4.90 Å². The number of likely N-dealkylation sites (tertiary alicyclic amines) is 1. The zero-order chi connectivity index (χ0) is 21.4. The number of amides is 2. The van der Waals surface area contributed by atoms with Gasteiger partial charge in [-0.05, 0) is 62.8 Å². The van der Waals surface area contributed by atoms with Crippen molar-refractivity contribution in [1.29, 1.82) is 5.26 Å². The molecule has 30 heavy (non-hydrogen) atoms. The summed E-state index contributed by atoms with van der Waals surface area (Å²) in [4.78, 5) is 26.9. The van der Waals surface area contributed by atoms with Gasteiger partial charge in [0.15, 0.2) is 0 Å². The molecule has 2 unspecified atom stereocenters. The van der Waals surface area contributed by atoms with Crippen LogP contribution in [0.15, 0.2) is 24.3 Å². The molecule has 2 atom stereocenters. The first-order valence-electron chi connectivity index (χ1n) is 10.5. The molecule has 2 amide bonds. The molecule has 4 fully saturated rings. The van der Waals surface area contributed by atoms with Gasteiger partial charge in [0, 0.05) is 28.1 Å². The van der Waals surface area contributed by atoms with Crippen LogP contribution in [0.1, 0.15) is 44.9 Å². The highest BCUT2D eigenvalue weighted by Crippen LogP contribution is 2.52. The van der Waals surface area contributed by atoms with Crippen LogP contribution in [-0.2, 0) is 9.59 Å². The molecule has 2 N–H and O–H groups in total. The summed E-state index contributed by atoms with van der Waals surface area (Å²) in [6, 6.07) is 8.46. The SMILES string of the molecule is N#CC1CC(F)CN1C(=O)CNC12CCC(C(=O)Nc3ccc(Cl)cc3)(CC1)CC2. The Kier molecular flexibility index (Phi) is 5.73. The number of hydrogen-bond acceptors (Lipinski definition) is 4. The fourth-order valence-corrected chi connectivity index (χ4v) is 5.26. The maximum absolute atomic E-state index is 13.6. The van der Waals surface area contributed by atoms with Gasteiger partial charge in [0.05, 0.1) is 19.2 Å². The second-order valence-corrected chi connectivity index (χ2v) is 9.34. The molecule has 0 radical (unpaired) electrons. The van der Waals surface area contributed by atoms with Crippen LogP contribution in [0.4, 0.5) is 10.1 Å². The molecule has 6 nitrogen and oxygen atoms in total. The van der Waals surface area contributed by atoms with Gasteiger partial charge in [-0.2, -0.15) is 5.26 Å². The van der Waals surface area contributed by atoms with Crippen LogP contribution in [0.2, 0.25) is 5.02 Å². The lowest BCUT2D eigenvalue weighted by Gasteiger charge is -2.52. The van der Waals surface area contributed by atoms with Gasteiger partial charge in [0.25, 0.3) is 0 Å². The van der Waals surface area contributed by atoms with Crippen molar-refractivity contribution >= 4 is 29.1 Å². The quantitative estimate of drug-likeness (QED) is 0.746. The number of nitrogens with zero attached hydrogens (tertiary/aromatic N) is 2. The summed E-state index contributed by atoms with van der Waals surface area (Å²) in [5.41, 5.74) is 0.221. The van der Waals surface area contributed by atoms with Crippen LogP contribution in [0.5, 0.6) is 0 Å². The van der Waals surface area contributed by atoms with Crippen LogP contribution in [0.3, 0.4) is 0 Å². The summed E-state index contributed by atoms with van der Waals surface area (Å²) in [5.74, 6) is -0.170. The molecule has 1 aliphatic heterocycles. The number of nitrogens with one attached hydrogen (secondary N) is 2. The standard InChI is InChI=1S/C22H26ClFN4O2/c23-15-1-3-17(4-2-15)27-20(30)21-5-8-22(9-6-21,10-7-21)26-13-19(29)28-14-16(24)11-18(28)12-25/h1-4,16,18,26H,5-11,13-14H2,(H,27,30). The summed E-state index contributed by atoms with van der Waals surface area (Å²) in [6.07, 6.45) is 3.74. The summed E-state index contributed by atoms with van der Waals surface area (Å²) in [5, 5.41) is 16.2. The number of fused-ring (bicyclic) bond motifs is 3. The third kappa shape index (κ3) is 4.03. The van der Waals surface area contributed by atoms with Crippen molar-refractivity contribution in [2.75, 3.05) is 18.4 Å². The smallest absolute Gasteiger partial charge is 0.237 e. The maximum atomic E-state index is 13.6. The third-order valence-corrected chi connectivity index (χ3v) is 7.42. The van der Waals surface area contributed by atoms with E-state index >= 15 is 0 Å². The molecule has 2 bridgehead atoms. The first-order valence-corrected chi connectivity index (χ1v) is 10.9. The first kappa shape index (κ1) is 21.1. The fourth-order valence-electron chi connectivity index (χ4n) is 5.14. The maximum Gasteiger partial charge on any atom is 0.237 e. The zero-order valence-corrected chi connectivity index (χ0v) is 17.6. The molecule has 8 heteroatoms. The predicted molar refractivity (Wildman–Crippen MR) is 112 cm³/mol. The van der Waals surface area contributed by atoms with Crippen molar-refractivity contribution in [1.82, 2.24) is 10.2 Å². The normalized spacial score (nSPS) is 32.6. The molecule has 160 valence electrons. The number of hydrogen-bond donors (Lipinski definition) is 2. The van der Waals surface area contributed by atoms with E-state index in [0.29, 0.717) is 5.02 Å². The van der Waals surface area contributed by atoms with E-state index in [1.807, 2.05) is 6.07 Å². The number of benzene rings is 1. The molecule has 3 saturated carbocycles. The summed E-state index contributed by atoms with van der Waals surface area (Å²) in [7, 11) is 0. The third-order valence-electron chi connectivity index (χ3n) is 7.16. The summed E-state index contributed by atoms with van der Waals surface area (Å²) in [6.45, 7) is 0.106. The Hall–Kier alpha value is -2.17. The Morgan fingerprint density at radius 3 is 2.40 bits per heavy atom. The van der Waals surface area contributed by atoms with Crippen molar-refractivity contribution in [3.05, 3.63) is 29.3 Å². The van der Waals surface area contributed by atoms with Gasteiger partial charge < -0.3 is 15.5 Å². The highest BCUT2D eigenvalue weighted by molar-refractivity contribution is 6.30. The Labute approximate surface area is 180 Å². The molecule has 1 aromatic carbocycles.